The first-order valence-electron chi connectivity index (χ1n) is 5.46. The molecule has 2 aromatic heterocycles. The first kappa shape index (κ1) is 11.3. The number of aromatic nitrogens is 3. The number of nitrogens with zero attached hydrogens (tertiary/aromatic N) is 2. The molecule has 0 amide bonds. The molecule has 2 heterocycles. The summed E-state index contributed by atoms with van der Waals surface area (Å²) >= 11 is 1.62. The fourth-order valence-corrected chi connectivity index (χ4v) is 1.94. The molecule has 0 saturated carbocycles. The van der Waals surface area contributed by atoms with Gasteiger partial charge in [0, 0.05) is 17.6 Å². The van der Waals surface area contributed by atoms with Crippen molar-refractivity contribution in [2.45, 2.75) is 32.9 Å². The van der Waals surface area contributed by atoms with E-state index in [1.54, 1.807) is 17.5 Å². The van der Waals surface area contributed by atoms with Gasteiger partial charge in [0.25, 0.3) is 0 Å². The molecular weight excluding hydrogens is 220 g/mol. The van der Waals surface area contributed by atoms with Gasteiger partial charge in [-0.1, -0.05) is 6.92 Å². The van der Waals surface area contributed by atoms with Crippen molar-refractivity contribution < 1.29 is 0 Å². The second kappa shape index (κ2) is 5.23. The number of rotatable bonds is 5. The summed E-state index contributed by atoms with van der Waals surface area (Å²) in [4.78, 5) is 11.8. The van der Waals surface area contributed by atoms with Gasteiger partial charge >= 0.3 is 0 Å². The van der Waals surface area contributed by atoms with Crippen LogP contribution in [-0.2, 0) is 6.54 Å². The maximum Gasteiger partial charge on any atom is 0.141 e. The van der Waals surface area contributed by atoms with E-state index in [9.17, 15) is 0 Å². The number of imidazole rings is 1. The third kappa shape index (κ3) is 2.68. The highest BCUT2D eigenvalue weighted by Crippen LogP contribution is 2.18. The molecule has 16 heavy (non-hydrogen) atoms. The lowest BCUT2D eigenvalue weighted by Gasteiger charge is -2.08. The Morgan fingerprint density at radius 3 is 3.06 bits per heavy atom. The number of hydrogen-bond acceptors (Lipinski definition) is 4. The third-order valence-electron chi connectivity index (χ3n) is 2.52. The normalized spacial score (nSPS) is 12.9. The molecule has 1 unspecified atom stereocenters. The minimum absolute atomic E-state index is 0.522. The van der Waals surface area contributed by atoms with Crippen LogP contribution in [0.3, 0.4) is 0 Å². The Balaban J connectivity index is 1.98. The average Bonchev–Trinajstić information content (AvgIpc) is 2.95. The van der Waals surface area contributed by atoms with E-state index < -0.39 is 0 Å². The quantitative estimate of drug-likeness (QED) is 0.838. The number of nitrogens with one attached hydrogen (secondary N) is 2. The first-order chi connectivity index (χ1) is 7.79. The largest absolute Gasteiger partial charge is 0.339 e. The van der Waals surface area contributed by atoms with Crippen molar-refractivity contribution in [2.75, 3.05) is 0 Å². The molecule has 0 spiro atoms. The molecule has 0 bridgehead atoms. The lowest BCUT2D eigenvalue weighted by atomic mass is 10.2. The highest BCUT2D eigenvalue weighted by molar-refractivity contribution is 7.13. The third-order valence-corrected chi connectivity index (χ3v) is 3.33. The van der Waals surface area contributed by atoms with Crippen LogP contribution in [0.1, 0.15) is 26.1 Å². The van der Waals surface area contributed by atoms with Crippen molar-refractivity contribution >= 4 is 11.3 Å². The molecule has 1 atom stereocenters. The van der Waals surface area contributed by atoms with Gasteiger partial charge in [-0.05, 0) is 13.3 Å². The number of aromatic amines is 1. The summed E-state index contributed by atoms with van der Waals surface area (Å²) < 4.78 is 0. The van der Waals surface area contributed by atoms with Crippen molar-refractivity contribution in [3.05, 3.63) is 23.6 Å². The predicted molar refractivity (Wildman–Crippen MR) is 66.3 cm³/mol. The average molecular weight is 236 g/mol. The fourth-order valence-electron chi connectivity index (χ4n) is 1.33. The van der Waals surface area contributed by atoms with Crippen molar-refractivity contribution in [1.29, 1.82) is 0 Å². The molecule has 2 rings (SSSR count). The molecule has 0 fully saturated rings. The fraction of sp³-hybridized carbons (Fsp3) is 0.455. The highest BCUT2D eigenvalue weighted by Gasteiger charge is 2.05. The van der Waals surface area contributed by atoms with Gasteiger partial charge in [0.1, 0.15) is 10.8 Å². The van der Waals surface area contributed by atoms with Crippen LogP contribution in [0.5, 0.6) is 0 Å². The van der Waals surface area contributed by atoms with E-state index in [-0.39, 0.29) is 0 Å². The van der Waals surface area contributed by atoms with E-state index in [0.717, 1.165) is 29.5 Å². The highest BCUT2D eigenvalue weighted by atomic mass is 32.1. The van der Waals surface area contributed by atoms with Crippen LogP contribution in [0.15, 0.2) is 17.8 Å². The van der Waals surface area contributed by atoms with Crippen molar-refractivity contribution in [2.24, 2.45) is 0 Å². The monoisotopic (exact) mass is 236 g/mol. The van der Waals surface area contributed by atoms with Crippen LogP contribution < -0.4 is 5.32 Å². The summed E-state index contributed by atoms with van der Waals surface area (Å²) in [6, 6.07) is 0.522. The van der Waals surface area contributed by atoms with Gasteiger partial charge < -0.3 is 10.3 Å². The van der Waals surface area contributed by atoms with Gasteiger partial charge in [-0.25, -0.2) is 9.97 Å². The minimum Gasteiger partial charge on any atom is -0.339 e. The Labute approximate surface area is 99.2 Å². The van der Waals surface area contributed by atoms with Gasteiger partial charge in [-0.2, -0.15) is 0 Å². The van der Waals surface area contributed by atoms with Gasteiger partial charge in [-0.3, -0.25) is 0 Å². The Hall–Kier alpha value is -1.20. The Morgan fingerprint density at radius 2 is 2.38 bits per heavy atom. The Morgan fingerprint density at radius 1 is 1.50 bits per heavy atom. The van der Waals surface area contributed by atoms with Gasteiger partial charge in [0.05, 0.1) is 18.4 Å². The SMILES string of the molecule is CCC(C)NCc1ncc(-c2nccs2)[nH]1. The standard InChI is InChI=1S/C11H16N4S/c1-3-8(2)13-7-10-14-6-9(15-10)11-12-4-5-16-11/h4-6,8,13H,3,7H2,1-2H3,(H,14,15). The number of H-pyrrole nitrogens is 1. The van der Waals surface area contributed by atoms with E-state index in [2.05, 4.69) is 34.1 Å². The lowest BCUT2D eigenvalue weighted by Crippen LogP contribution is -2.24. The molecule has 2 N–H and O–H groups in total. The zero-order chi connectivity index (χ0) is 11.4. The molecular formula is C11H16N4S. The summed E-state index contributed by atoms with van der Waals surface area (Å²) in [5.74, 6) is 0.963. The van der Waals surface area contributed by atoms with E-state index in [4.69, 9.17) is 0 Å². The summed E-state index contributed by atoms with van der Waals surface area (Å²) in [5, 5.41) is 6.35. The smallest absolute Gasteiger partial charge is 0.141 e. The van der Waals surface area contributed by atoms with E-state index >= 15 is 0 Å². The van der Waals surface area contributed by atoms with Gasteiger partial charge in [0.15, 0.2) is 0 Å². The predicted octanol–water partition coefficient (Wildman–Crippen LogP) is 2.42. The zero-order valence-electron chi connectivity index (χ0n) is 9.53. The topological polar surface area (TPSA) is 53.6 Å². The summed E-state index contributed by atoms with van der Waals surface area (Å²) in [5.41, 5.74) is 0.996. The van der Waals surface area contributed by atoms with Crippen LogP contribution in [0, 0.1) is 0 Å². The minimum atomic E-state index is 0.522. The van der Waals surface area contributed by atoms with E-state index in [0.29, 0.717) is 6.04 Å². The van der Waals surface area contributed by atoms with Crippen LogP contribution in [0.25, 0.3) is 10.7 Å². The molecule has 5 heteroatoms. The summed E-state index contributed by atoms with van der Waals surface area (Å²) in [6.45, 7) is 5.12. The van der Waals surface area contributed by atoms with Crippen LogP contribution >= 0.6 is 11.3 Å². The van der Waals surface area contributed by atoms with Crippen LogP contribution in [0.2, 0.25) is 0 Å². The molecule has 0 aromatic carbocycles. The summed E-state index contributed by atoms with van der Waals surface area (Å²) in [6.07, 6.45) is 4.77. The molecule has 0 aliphatic carbocycles. The first-order valence-corrected chi connectivity index (χ1v) is 6.34. The second-order valence-electron chi connectivity index (χ2n) is 3.77. The lowest BCUT2D eigenvalue weighted by molar-refractivity contribution is 0.525. The molecule has 4 nitrogen and oxygen atoms in total. The van der Waals surface area contributed by atoms with Crippen LogP contribution in [-0.4, -0.2) is 21.0 Å². The van der Waals surface area contributed by atoms with E-state index in [1.807, 2.05) is 11.6 Å². The van der Waals surface area contributed by atoms with Crippen molar-refractivity contribution in [3.8, 4) is 10.7 Å². The van der Waals surface area contributed by atoms with Crippen molar-refractivity contribution in [3.63, 3.8) is 0 Å². The summed E-state index contributed by atoms with van der Waals surface area (Å²) in [7, 11) is 0. The molecule has 2 aromatic rings. The Bertz CT molecular complexity index is 421. The molecule has 86 valence electrons. The maximum absolute atomic E-state index is 4.33. The van der Waals surface area contributed by atoms with Crippen LogP contribution in [0.4, 0.5) is 0 Å². The molecule has 0 aliphatic rings. The van der Waals surface area contributed by atoms with Crippen molar-refractivity contribution in [1.82, 2.24) is 20.3 Å². The maximum atomic E-state index is 4.33. The Kier molecular flexibility index (Phi) is 3.69. The zero-order valence-corrected chi connectivity index (χ0v) is 10.3. The second-order valence-corrected chi connectivity index (χ2v) is 4.67. The van der Waals surface area contributed by atoms with Gasteiger partial charge in [-0.15, -0.1) is 11.3 Å². The number of thiazole rings is 1. The molecule has 0 radical (unpaired) electrons. The molecule has 0 aliphatic heterocycles. The van der Waals surface area contributed by atoms with E-state index in [1.165, 1.54) is 0 Å². The molecule has 0 saturated heterocycles. The van der Waals surface area contributed by atoms with Gasteiger partial charge in [0.2, 0.25) is 0 Å². The number of hydrogen-bond donors (Lipinski definition) is 2.